The number of pyridine rings is 2. The smallest absolute Gasteiger partial charge is 0.0715 e. The fraction of sp³-hybridized carbons (Fsp3) is 0.286. The Hall–Kier alpha value is -1.78. The topological polar surface area (TPSA) is 63.8 Å². The zero-order chi connectivity index (χ0) is 12.4. The minimum absolute atomic E-state index is 0.0300. The van der Waals surface area contributed by atoms with Crippen molar-refractivity contribution in [1.82, 2.24) is 15.4 Å². The quantitative estimate of drug-likeness (QED) is 0.633. The van der Waals surface area contributed by atoms with Gasteiger partial charge in [-0.1, -0.05) is 12.1 Å². The average molecular weight is 240 g/mol. The molecule has 0 saturated carbocycles. The highest BCUT2D eigenvalue weighted by Crippen LogP contribution is 2.39. The number of nitrogens with zero attached hydrogens (tertiary/aromatic N) is 2. The lowest BCUT2D eigenvalue weighted by molar-refractivity contribution is 0.438. The Morgan fingerprint density at radius 2 is 2.06 bits per heavy atom. The number of aromatic nitrogens is 2. The molecule has 2 heterocycles. The summed E-state index contributed by atoms with van der Waals surface area (Å²) >= 11 is 0. The van der Waals surface area contributed by atoms with Crippen molar-refractivity contribution < 1.29 is 0 Å². The van der Waals surface area contributed by atoms with Gasteiger partial charge in [0.1, 0.15) is 0 Å². The molecule has 0 aromatic carbocycles. The molecule has 0 aliphatic heterocycles. The van der Waals surface area contributed by atoms with Crippen molar-refractivity contribution in [3.05, 3.63) is 59.7 Å². The van der Waals surface area contributed by atoms with Crippen LogP contribution in [0.1, 0.15) is 35.3 Å². The zero-order valence-corrected chi connectivity index (χ0v) is 10.1. The van der Waals surface area contributed by atoms with Crippen LogP contribution in [0.2, 0.25) is 0 Å². The lowest BCUT2D eigenvalue weighted by Crippen LogP contribution is -2.32. The first-order chi connectivity index (χ1) is 8.90. The van der Waals surface area contributed by atoms with Crippen LogP contribution in [0.15, 0.2) is 42.7 Å². The van der Waals surface area contributed by atoms with Gasteiger partial charge in [0.2, 0.25) is 0 Å². The predicted molar refractivity (Wildman–Crippen MR) is 69.6 cm³/mol. The number of hydrogen-bond donors (Lipinski definition) is 2. The highest BCUT2D eigenvalue weighted by Gasteiger charge is 2.31. The molecule has 4 heteroatoms. The van der Waals surface area contributed by atoms with E-state index in [1.807, 2.05) is 30.5 Å². The van der Waals surface area contributed by atoms with E-state index in [1.165, 1.54) is 5.56 Å². The lowest BCUT2D eigenvalue weighted by Gasteiger charge is -2.22. The Balaban J connectivity index is 1.95. The Labute approximate surface area is 106 Å². The Morgan fingerprint density at radius 1 is 1.17 bits per heavy atom. The highest BCUT2D eigenvalue weighted by atomic mass is 15.2. The second kappa shape index (κ2) is 4.84. The minimum atomic E-state index is 0.0300. The maximum Gasteiger partial charge on any atom is 0.0715 e. The summed E-state index contributed by atoms with van der Waals surface area (Å²) in [6.45, 7) is 0. The largest absolute Gasteiger partial charge is 0.271 e. The van der Waals surface area contributed by atoms with Gasteiger partial charge < -0.3 is 0 Å². The Morgan fingerprint density at radius 3 is 2.83 bits per heavy atom. The van der Waals surface area contributed by atoms with Gasteiger partial charge in [-0.2, -0.15) is 0 Å². The van der Waals surface area contributed by atoms with E-state index in [0.29, 0.717) is 5.92 Å². The number of nitrogens with one attached hydrogen (secondary N) is 1. The third-order valence-electron chi connectivity index (χ3n) is 3.59. The predicted octanol–water partition coefficient (Wildman–Crippen LogP) is 1.71. The summed E-state index contributed by atoms with van der Waals surface area (Å²) in [5.41, 5.74) is 6.36. The van der Waals surface area contributed by atoms with Crippen molar-refractivity contribution in [2.75, 3.05) is 0 Å². The van der Waals surface area contributed by atoms with Crippen molar-refractivity contribution in [2.45, 2.75) is 24.8 Å². The highest BCUT2D eigenvalue weighted by molar-refractivity contribution is 5.31. The molecule has 2 aromatic heterocycles. The summed E-state index contributed by atoms with van der Waals surface area (Å²) in [6.07, 6.45) is 5.79. The molecule has 3 N–H and O–H groups in total. The van der Waals surface area contributed by atoms with E-state index in [2.05, 4.69) is 21.5 Å². The van der Waals surface area contributed by atoms with Crippen LogP contribution in [-0.2, 0) is 6.42 Å². The number of hydrazine groups is 1. The fourth-order valence-electron chi connectivity index (χ4n) is 2.74. The van der Waals surface area contributed by atoms with Crippen molar-refractivity contribution in [3.63, 3.8) is 0 Å². The number of aryl methyl sites for hydroxylation is 1. The zero-order valence-electron chi connectivity index (χ0n) is 10.1. The van der Waals surface area contributed by atoms with E-state index in [0.717, 1.165) is 24.2 Å². The summed E-state index contributed by atoms with van der Waals surface area (Å²) in [5.74, 6) is 6.03. The fourth-order valence-corrected chi connectivity index (χ4v) is 2.74. The molecule has 0 spiro atoms. The molecule has 0 fully saturated rings. The van der Waals surface area contributed by atoms with Gasteiger partial charge in [0.25, 0.3) is 0 Å². The molecule has 18 heavy (non-hydrogen) atoms. The second-order valence-corrected chi connectivity index (χ2v) is 4.59. The molecule has 0 saturated heterocycles. The maximum atomic E-state index is 5.72. The third kappa shape index (κ3) is 1.89. The number of hydrogen-bond acceptors (Lipinski definition) is 4. The average Bonchev–Trinajstić information content (AvgIpc) is 2.85. The van der Waals surface area contributed by atoms with Gasteiger partial charge in [0, 0.05) is 24.0 Å². The van der Waals surface area contributed by atoms with Crippen LogP contribution in [0.4, 0.5) is 0 Å². The summed E-state index contributed by atoms with van der Waals surface area (Å²) in [5, 5.41) is 0. The molecule has 1 aliphatic carbocycles. The van der Waals surface area contributed by atoms with Crippen LogP contribution in [-0.4, -0.2) is 9.97 Å². The van der Waals surface area contributed by atoms with E-state index >= 15 is 0 Å². The summed E-state index contributed by atoms with van der Waals surface area (Å²) in [7, 11) is 0. The normalized spacial score (nSPS) is 19.5. The van der Waals surface area contributed by atoms with Gasteiger partial charge in [-0.3, -0.25) is 21.2 Å². The third-order valence-corrected chi connectivity index (χ3v) is 3.59. The molecule has 1 aliphatic rings. The molecule has 92 valence electrons. The minimum Gasteiger partial charge on any atom is -0.271 e. The van der Waals surface area contributed by atoms with Crippen LogP contribution in [0.5, 0.6) is 0 Å². The first-order valence-corrected chi connectivity index (χ1v) is 6.21. The van der Waals surface area contributed by atoms with Crippen LogP contribution in [0.3, 0.4) is 0 Å². The van der Waals surface area contributed by atoms with E-state index in [4.69, 9.17) is 5.84 Å². The standard InChI is InChI=1S/C14H16N4/c15-18-14(12-5-1-2-8-16-12)11-7-6-10-4-3-9-17-13(10)11/h1-5,8-9,11,14,18H,6-7,15H2. The monoisotopic (exact) mass is 240 g/mol. The van der Waals surface area contributed by atoms with Crippen molar-refractivity contribution in [2.24, 2.45) is 5.84 Å². The van der Waals surface area contributed by atoms with E-state index in [-0.39, 0.29) is 6.04 Å². The molecular weight excluding hydrogens is 224 g/mol. The van der Waals surface area contributed by atoms with Gasteiger partial charge >= 0.3 is 0 Å². The van der Waals surface area contributed by atoms with Crippen molar-refractivity contribution in [1.29, 1.82) is 0 Å². The Bertz CT molecular complexity index is 526. The maximum absolute atomic E-state index is 5.72. The van der Waals surface area contributed by atoms with E-state index in [1.54, 1.807) is 6.20 Å². The summed E-state index contributed by atoms with van der Waals surface area (Å²) in [4.78, 5) is 8.91. The molecule has 0 amide bonds. The molecule has 2 unspecified atom stereocenters. The second-order valence-electron chi connectivity index (χ2n) is 4.59. The van der Waals surface area contributed by atoms with Crippen LogP contribution in [0, 0.1) is 0 Å². The van der Waals surface area contributed by atoms with Crippen LogP contribution >= 0.6 is 0 Å². The number of fused-ring (bicyclic) bond motifs is 1. The van der Waals surface area contributed by atoms with E-state index in [9.17, 15) is 0 Å². The molecule has 3 rings (SSSR count). The number of nitrogens with two attached hydrogens (primary N) is 1. The molecule has 2 aromatic rings. The van der Waals surface area contributed by atoms with Crippen molar-refractivity contribution >= 4 is 0 Å². The molecule has 0 radical (unpaired) electrons. The van der Waals surface area contributed by atoms with Gasteiger partial charge in [-0.15, -0.1) is 0 Å². The van der Waals surface area contributed by atoms with Gasteiger partial charge in [-0.05, 0) is 36.6 Å². The molecule has 0 bridgehead atoms. The van der Waals surface area contributed by atoms with Gasteiger partial charge in [-0.25, -0.2) is 0 Å². The summed E-state index contributed by atoms with van der Waals surface area (Å²) < 4.78 is 0. The SMILES string of the molecule is NNC(c1ccccn1)C1CCc2cccnc21. The lowest BCUT2D eigenvalue weighted by atomic mass is 9.94. The number of rotatable bonds is 3. The van der Waals surface area contributed by atoms with E-state index < -0.39 is 0 Å². The van der Waals surface area contributed by atoms with Crippen molar-refractivity contribution in [3.8, 4) is 0 Å². The molecular formula is C14H16N4. The van der Waals surface area contributed by atoms with Gasteiger partial charge in [0.05, 0.1) is 11.7 Å². The first-order valence-electron chi connectivity index (χ1n) is 6.21. The van der Waals surface area contributed by atoms with Crippen LogP contribution in [0.25, 0.3) is 0 Å². The summed E-state index contributed by atoms with van der Waals surface area (Å²) in [6, 6.07) is 10.1. The van der Waals surface area contributed by atoms with Gasteiger partial charge in [0.15, 0.2) is 0 Å². The van der Waals surface area contributed by atoms with Crippen LogP contribution < -0.4 is 11.3 Å². The molecule has 4 nitrogen and oxygen atoms in total. The molecule has 2 atom stereocenters. The first kappa shape index (κ1) is 11.3. The Kier molecular flexibility index (Phi) is 3.04.